The molecule has 2 N–H and O–H groups in total. The molecule has 1 aliphatic rings. The monoisotopic (exact) mass is 347 g/mol. The van der Waals surface area contributed by atoms with Crippen LogP contribution in [0.15, 0.2) is 30.5 Å². The number of hydrogen-bond donors (Lipinski definition) is 2. The summed E-state index contributed by atoms with van der Waals surface area (Å²) in [5.41, 5.74) is 2.28. The van der Waals surface area contributed by atoms with Crippen LogP contribution in [0.25, 0.3) is 5.69 Å². The maximum atomic E-state index is 12.7. The summed E-state index contributed by atoms with van der Waals surface area (Å²) in [4.78, 5) is 12.7. The number of aliphatic hydroxyl groups is 1. The van der Waals surface area contributed by atoms with E-state index in [1.165, 1.54) is 0 Å². The molecule has 3 rings (SSSR count). The summed E-state index contributed by atoms with van der Waals surface area (Å²) in [6.07, 6.45) is 5.13. The van der Waals surface area contributed by atoms with Gasteiger partial charge in [0.15, 0.2) is 0 Å². The average Bonchev–Trinajstić information content (AvgIpc) is 3.32. The molecule has 1 amide bonds. The van der Waals surface area contributed by atoms with Crippen LogP contribution in [0.1, 0.15) is 42.2 Å². The largest absolute Gasteiger partial charge is 0.396 e. The van der Waals surface area contributed by atoms with Crippen molar-refractivity contribution < 1.29 is 9.90 Å². The van der Waals surface area contributed by atoms with Crippen LogP contribution < -0.4 is 5.32 Å². The van der Waals surface area contributed by atoms with E-state index < -0.39 is 0 Å². The van der Waals surface area contributed by atoms with Gasteiger partial charge in [0, 0.05) is 17.7 Å². The Morgan fingerprint density at radius 1 is 1.50 bits per heavy atom. The summed E-state index contributed by atoms with van der Waals surface area (Å²) in [7, 11) is 0. The van der Waals surface area contributed by atoms with E-state index in [1.54, 1.807) is 10.9 Å². The summed E-state index contributed by atoms with van der Waals surface area (Å²) in [5, 5.41) is 17.3. The summed E-state index contributed by atoms with van der Waals surface area (Å²) in [5.74, 6) is 0.375. The summed E-state index contributed by atoms with van der Waals surface area (Å²) < 4.78 is 1.76. The van der Waals surface area contributed by atoms with Gasteiger partial charge in [0.25, 0.3) is 5.91 Å². The van der Waals surface area contributed by atoms with Crippen LogP contribution in [0.4, 0.5) is 0 Å². The maximum Gasteiger partial charge on any atom is 0.255 e. The van der Waals surface area contributed by atoms with Crippen molar-refractivity contribution in [1.29, 1.82) is 0 Å². The first kappa shape index (κ1) is 17.0. The van der Waals surface area contributed by atoms with Gasteiger partial charge in [0.2, 0.25) is 0 Å². The molecular weight excluding hydrogens is 326 g/mol. The van der Waals surface area contributed by atoms with Crippen molar-refractivity contribution in [2.75, 3.05) is 6.61 Å². The normalized spacial score (nSPS) is 15.3. The van der Waals surface area contributed by atoms with Crippen LogP contribution in [-0.2, 0) is 6.42 Å². The quantitative estimate of drug-likeness (QED) is 0.809. The molecule has 2 aromatic rings. The first-order valence-electron chi connectivity index (χ1n) is 8.38. The van der Waals surface area contributed by atoms with E-state index in [2.05, 4.69) is 10.4 Å². The van der Waals surface area contributed by atoms with E-state index in [-0.39, 0.29) is 18.6 Å². The molecule has 1 aromatic heterocycles. The van der Waals surface area contributed by atoms with Crippen LogP contribution in [0.3, 0.4) is 0 Å². The zero-order valence-corrected chi connectivity index (χ0v) is 14.5. The zero-order valence-electron chi connectivity index (χ0n) is 13.7. The van der Waals surface area contributed by atoms with Gasteiger partial charge >= 0.3 is 0 Å². The maximum absolute atomic E-state index is 12.7. The molecule has 0 spiro atoms. The fourth-order valence-electron chi connectivity index (χ4n) is 3.04. The molecule has 0 aliphatic heterocycles. The molecule has 1 atom stereocenters. The third-order valence-corrected chi connectivity index (χ3v) is 4.68. The Bertz CT molecular complexity index is 725. The van der Waals surface area contributed by atoms with Crippen molar-refractivity contribution in [3.05, 3.63) is 46.7 Å². The number of aromatic nitrogens is 2. The van der Waals surface area contributed by atoms with Crippen LogP contribution in [0.5, 0.6) is 0 Å². The fraction of sp³-hybridized carbons (Fsp3) is 0.444. The van der Waals surface area contributed by atoms with Gasteiger partial charge in [-0.05, 0) is 49.8 Å². The molecular formula is C18H22ClN3O2. The van der Waals surface area contributed by atoms with Gasteiger partial charge in [0.05, 0.1) is 23.1 Å². The van der Waals surface area contributed by atoms with Gasteiger partial charge in [-0.3, -0.25) is 4.79 Å². The Balaban J connectivity index is 1.84. The lowest BCUT2D eigenvalue weighted by molar-refractivity contribution is 0.0923. The van der Waals surface area contributed by atoms with Gasteiger partial charge in [-0.1, -0.05) is 24.6 Å². The molecule has 6 heteroatoms. The highest BCUT2D eigenvalue weighted by Crippen LogP contribution is 2.34. The Kier molecular flexibility index (Phi) is 5.21. The highest BCUT2D eigenvalue weighted by Gasteiger charge is 2.32. The number of nitrogens with zero attached hydrogens (tertiary/aromatic N) is 2. The first-order valence-corrected chi connectivity index (χ1v) is 8.76. The topological polar surface area (TPSA) is 67.2 Å². The number of amides is 1. The number of carbonyl (C=O) groups excluding carboxylic acids is 1. The Hall–Kier alpha value is -1.85. The smallest absolute Gasteiger partial charge is 0.255 e. The second kappa shape index (κ2) is 7.36. The van der Waals surface area contributed by atoms with Gasteiger partial charge in [0.1, 0.15) is 0 Å². The van der Waals surface area contributed by atoms with Crippen molar-refractivity contribution in [1.82, 2.24) is 15.1 Å². The van der Waals surface area contributed by atoms with Gasteiger partial charge < -0.3 is 10.4 Å². The van der Waals surface area contributed by atoms with E-state index in [0.717, 1.165) is 24.2 Å². The predicted molar refractivity (Wildman–Crippen MR) is 93.6 cm³/mol. The predicted octanol–water partition coefficient (Wildman–Crippen LogP) is 2.98. The molecule has 1 aliphatic carbocycles. The van der Waals surface area contributed by atoms with E-state index in [1.807, 2.05) is 31.2 Å². The molecule has 0 saturated heterocycles. The summed E-state index contributed by atoms with van der Waals surface area (Å²) >= 11 is 6.06. The number of halogens is 1. The number of rotatable bonds is 7. The minimum Gasteiger partial charge on any atom is -0.396 e. The molecule has 5 nitrogen and oxygen atoms in total. The summed E-state index contributed by atoms with van der Waals surface area (Å²) in [6, 6.07) is 7.46. The van der Waals surface area contributed by atoms with Crippen molar-refractivity contribution in [2.24, 2.45) is 5.92 Å². The highest BCUT2D eigenvalue weighted by molar-refractivity contribution is 6.30. The lowest BCUT2D eigenvalue weighted by Crippen LogP contribution is -2.37. The van der Waals surface area contributed by atoms with Gasteiger partial charge in [-0.25, -0.2) is 4.68 Å². The van der Waals surface area contributed by atoms with E-state index in [9.17, 15) is 9.90 Å². The lowest BCUT2D eigenvalue weighted by atomic mass is 10.1. The third-order valence-electron chi connectivity index (χ3n) is 4.45. The van der Waals surface area contributed by atoms with Crippen LogP contribution in [0, 0.1) is 5.92 Å². The molecule has 1 unspecified atom stereocenters. The second-order valence-corrected chi connectivity index (χ2v) is 6.62. The molecule has 128 valence electrons. The van der Waals surface area contributed by atoms with Crippen LogP contribution >= 0.6 is 11.6 Å². The Morgan fingerprint density at radius 3 is 2.92 bits per heavy atom. The molecule has 24 heavy (non-hydrogen) atoms. The molecule has 1 saturated carbocycles. The van der Waals surface area contributed by atoms with E-state index in [0.29, 0.717) is 29.3 Å². The standard InChI is InChI=1S/C18H22ClN3O2/c1-2-17-15(18(24)21-16(8-9-23)12-6-7-12)11-20-22(17)14-5-3-4-13(19)10-14/h3-5,10-12,16,23H,2,6-9H2,1H3,(H,21,24). The molecule has 0 radical (unpaired) electrons. The van der Waals surface area contributed by atoms with Crippen molar-refractivity contribution in [2.45, 2.75) is 38.6 Å². The van der Waals surface area contributed by atoms with Crippen LogP contribution in [0.2, 0.25) is 5.02 Å². The number of aliphatic hydroxyl groups excluding tert-OH is 1. The Labute approximate surface area is 146 Å². The van der Waals surface area contributed by atoms with Crippen molar-refractivity contribution in [3.63, 3.8) is 0 Å². The number of nitrogens with one attached hydrogen (secondary N) is 1. The van der Waals surface area contributed by atoms with Crippen molar-refractivity contribution in [3.8, 4) is 5.69 Å². The van der Waals surface area contributed by atoms with Crippen LogP contribution in [-0.4, -0.2) is 33.4 Å². The molecule has 1 heterocycles. The average molecular weight is 348 g/mol. The summed E-state index contributed by atoms with van der Waals surface area (Å²) in [6.45, 7) is 2.09. The third kappa shape index (κ3) is 3.62. The highest BCUT2D eigenvalue weighted by atomic mass is 35.5. The number of hydrogen-bond acceptors (Lipinski definition) is 3. The van der Waals surface area contributed by atoms with E-state index in [4.69, 9.17) is 11.6 Å². The minimum atomic E-state index is -0.120. The molecule has 0 bridgehead atoms. The molecule has 1 aromatic carbocycles. The first-order chi connectivity index (χ1) is 11.6. The number of carbonyl (C=O) groups is 1. The second-order valence-electron chi connectivity index (χ2n) is 6.18. The Morgan fingerprint density at radius 2 is 2.29 bits per heavy atom. The zero-order chi connectivity index (χ0) is 17.1. The molecule has 1 fully saturated rings. The minimum absolute atomic E-state index is 0.0433. The van der Waals surface area contributed by atoms with Gasteiger partial charge in [-0.15, -0.1) is 0 Å². The SMILES string of the molecule is CCc1c(C(=O)NC(CCO)C2CC2)cnn1-c1cccc(Cl)c1. The lowest BCUT2D eigenvalue weighted by Gasteiger charge is -2.17. The van der Waals surface area contributed by atoms with E-state index >= 15 is 0 Å². The van der Waals surface area contributed by atoms with Crippen molar-refractivity contribution >= 4 is 17.5 Å². The van der Waals surface area contributed by atoms with Gasteiger partial charge in [-0.2, -0.15) is 5.10 Å². The number of benzene rings is 1. The fourth-order valence-corrected chi connectivity index (χ4v) is 3.23.